The van der Waals surface area contributed by atoms with Gasteiger partial charge in [-0.3, -0.25) is 0 Å². The largest absolute Gasteiger partial charge is 0.492 e. The van der Waals surface area contributed by atoms with Gasteiger partial charge in [0.1, 0.15) is 10.9 Å². The summed E-state index contributed by atoms with van der Waals surface area (Å²) in [7, 11) is 0. The molecule has 0 radical (unpaired) electrons. The number of H-pyrrole nitrogens is 1. The summed E-state index contributed by atoms with van der Waals surface area (Å²) in [5.74, 6) is 2.46. The summed E-state index contributed by atoms with van der Waals surface area (Å²) in [6.07, 6.45) is 4.50. The van der Waals surface area contributed by atoms with Crippen molar-refractivity contribution in [2.24, 2.45) is 5.92 Å². The number of rotatable bonds is 6. The Morgan fingerprint density at radius 1 is 1.28 bits per heavy atom. The number of aryl methyl sites for hydroxylation is 1. The van der Waals surface area contributed by atoms with Crippen LogP contribution in [0.4, 0.5) is 5.95 Å². The van der Waals surface area contributed by atoms with Crippen molar-refractivity contribution in [2.75, 3.05) is 24.6 Å². The number of fused-ring (bicyclic) bond motifs is 1. The minimum atomic E-state index is 0.470. The molecule has 0 amide bonds. The van der Waals surface area contributed by atoms with Crippen LogP contribution in [0, 0.1) is 5.92 Å². The minimum Gasteiger partial charge on any atom is -0.492 e. The molecular formula is C21H23Br2ClN4O. The fourth-order valence-electron chi connectivity index (χ4n) is 3.96. The van der Waals surface area contributed by atoms with Crippen LogP contribution >= 0.6 is 43.5 Å². The van der Waals surface area contributed by atoms with Crippen molar-refractivity contribution >= 4 is 60.6 Å². The summed E-state index contributed by atoms with van der Waals surface area (Å²) in [5, 5.41) is 0.470. The molecule has 0 unspecified atom stereocenters. The molecule has 1 aliphatic rings. The fourth-order valence-corrected chi connectivity index (χ4v) is 5.54. The first-order valence-corrected chi connectivity index (χ1v) is 11.9. The van der Waals surface area contributed by atoms with Crippen LogP contribution < -0.4 is 9.64 Å². The first-order chi connectivity index (χ1) is 14.0. The predicted molar refractivity (Wildman–Crippen MR) is 125 cm³/mol. The van der Waals surface area contributed by atoms with Crippen LogP contribution in [0.1, 0.15) is 31.7 Å². The van der Waals surface area contributed by atoms with Crippen LogP contribution in [0.5, 0.6) is 5.75 Å². The molecule has 0 saturated carbocycles. The average molecular weight is 543 g/mol. The Morgan fingerprint density at radius 2 is 2.14 bits per heavy atom. The molecular weight excluding hydrogens is 520 g/mol. The van der Waals surface area contributed by atoms with Gasteiger partial charge in [0.15, 0.2) is 5.65 Å². The maximum Gasteiger partial charge on any atom is 0.205 e. The lowest BCUT2D eigenvalue weighted by molar-refractivity contribution is 0.331. The van der Waals surface area contributed by atoms with Gasteiger partial charge in [-0.25, -0.2) is 4.98 Å². The molecule has 4 rings (SSSR count). The molecule has 1 fully saturated rings. The molecule has 1 aliphatic heterocycles. The highest BCUT2D eigenvalue weighted by molar-refractivity contribution is 9.11. The number of aromatic nitrogens is 3. The van der Waals surface area contributed by atoms with Gasteiger partial charge < -0.3 is 14.6 Å². The van der Waals surface area contributed by atoms with Crippen LogP contribution in [-0.2, 0) is 6.42 Å². The Morgan fingerprint density at radius 3 is 2.97 bits per heavy atom. The Bertz CT molecular complexity index is 1010. The van der Waals surface area contributed by atoms with E-state index in [1.807, 2.05) is 19.1 Å². The molecule has 154 valence electrons. The van der Waals surface area contributed by atoms with Crippen molar-refractivity contribution in [1.29, 1.82) is 0 Å². The number of aromatic amines is 1. The zero-order valence-corrected chi connectivity index (χ0v) is 20.1. The van der Waals surface area contributed by atoms with Gasteiger partial charge in [0.25, 0.3) is 0 Å². The Hall–Kier alpha value is -1.31. The molecule has 0 bridgehead atoms. The third-order valence-electron chi connectivity index (χ3n) is 5.31. The molecule has 0 spiro atoms. The summed E-state index contributed by atoms with van der Waals surface area (Å²) in [5.41, 5.74) is 2.84. The molecule has 8 heteroatoms. The highest BCUT2D eigenvalue weighted by atomic mass is 79.9. The molecule has 1 aromatic carbocycles. The number of nitrogens with zero attached hydrogens (tertiary/aromatic N) is 3. The van der Waals surface area contributed by atoms with Gasteiger partial charge in [-0.2, -0.15) is 4.98 Å². The number of anilines is 1. The third-order valence-corrected chi connectivity index (χ3v) is 6.57. The molecule has 1 saturated heterocycles. The van der Waals surface area contributed by atoms with Crippen molar-refractivity contribution in [3.05, 3.63) is 43.9 Å². The highest BCUT2D eigenvalue weighted by Gasteiger charge is 2.23. The van der Waals surface area contributed by atoms with Gasteiger partial charge in [-0.05, 0) is 84.3 Å². The van der Waals surface area contributed by atoms with Crippen LogP contribution in [0.25, 0.3) is 11.2 Å². The number of piperidine rings is 1. The number of nitrogens with one attached hydrogen (secondary N) is 1. The van der Waals surface area contributed by atoms with E-state index in [9.17, 15) is 0 Å². The molecule has 5 nitrogen and oxygen atoms in total. The zero-order valence-electron chi connectivity index (χ0n) is 16.2. The third kappa shape index (κ3) is 4.89. The first kappa shape index (κ1) is 20.9. The normalized spacial score (nSPS) is 17.1. The number of imidazole rings is 1. The Kier molecular flexibility index (Phi) is 6.66. The summed E-state index contributed by atoms with van der Waals surface area (Å²) in [4.78, 5) is 14.7. The second-order valence-corrected chi connectivity index (χ2v) is 9.52. The summed E-state index contributed by atoms with van der Waals surface area (Å²) < 4.78 is 7.96. The Labute approximate surface area is 192 Å². The van der Waals surface area contributed by atoms with E-state index in [1.54, 1.807) is 6.07 Å². The summed E-state index contributed by atoms with van der Waals surface area (Å²) >= 11 is 13.2. The smallest absolute Gasteiger partial charge is 0.205 e. The van der Waals surface area contributed by atoms with E-state index in [2.05, 4.69) is 57.8 Å². The van der Waals surface area contributed by atoms with E-state index in [1.165, 1.54) is 12.0 Å². The number of pyridine rings is 1. The minimum absolute atomic E-state index is 0.470. The SMILES string of the molecule is CCOc1c(Br)cc(Br)cc1CC[C@H]1CCCN(c2nc3nc(Cl)ccc3[nH]2)C1. The number of hydrogen-bond donors (Lipinski definition) is 1. The number of ether oxygens (including phenoxy) is 1. The number of halogens is 3. The van der Waals surface area contributed by atoms with Gasteiger partial charge in [0.05, 0.1) is 16.6 Å². The van der Waals surface area contributed by atoms with E-state index in [4.69, 9.17) is 16.3 Å². The highest BCUT2D eigenvalue weighted by Crippen LogP contribution is 2.35. The maximum atomic E-state index is 6.00. The van der Waals surface area contributed by atoms with E-state index in [-0.39, 0.29) is 0 Å². The second-order valence-electron chi connectivity index (χ2n) is 7.37. The second kappa shape index (κ2) is 9.23. The van der Waals surface area contributed by atoms with E-state index in [0.717, 1.165) is 58.5 Å². The monoisotopic (exact) mass is 540 g/mol. The van der Waals surface area contributed by atoms with Crippen molar-refractivity contribution in [1.82, 2.24) is 15.0 Å². The maximum absolute atomic E-state index is 6.00. The standard InChI is InChI=1S/C21H23Br2ClN4O/c1-2-29-19-14(10-15(22)11-16(19)23)6-5-13-4-3-9-28(12-13)21-25-17-7-8-18(24)26-20(17)27-21/h7-8,10-11,13H,2-6,9,12H2,1H3,(H,25,26,27)/t13-/m1/s1. The molecule has 2 aromatic heterocycles. The zero-order chi connectivity index (χ0) is 20.4. The van der Waals surface area contributed by atoms with Crippen LogP contribution in [-0.4, -0.2) is 34.6 Å². The van der Waals surface area contributed by atoms with Crippen molar-refractivity contribution < 1.29 is 4.74 Å². The first-order valence-electron chi connectivity index (χ1n) is 9.91. The van der Waals surface area contributed by atoms with E-state index >= 15 is 0 Å². The quantitative estimate of drug-likeness (QED) is 0.367. The number of benzene rings is 1. The lowest BCUT2D eigenvalue weighted by Gasteiger charge is -2.32. The van der Waals surface area contributed by atoms with Crippen molar-refractivity contribution in [3.63, 3.8) is 0 Å². The van der Waals surface area contributed by atoms with E-state index in [0.29, 0.717) is 23.3 Å². The molecule has 3 heterocycles. The van der Waals surface area contributed by atoms with Gasteiger partial charge >= 0.3 is 0 Å². The van der Waals surface area contributed by atoms with Crippen LogP contribution in [0.2, 0.25) is 5.15 Å². The van der Waals surface area contributed by atoms with Gasteiger partial charge in [-0.15, -0.1) is 0 Å². The van der Waals surface area contributed by atoms with Gasteiger partial charge in [-0.1, -0.05) is 27.5 Å². The topological polar surface area (TPSA) is 54.0 Å². The average Bonchev–Trinajstić information content (AvgIpc) is 3.12. The summed E-state index contributed by atoms with van der Waals surface area (Å²) in [6.45, 7) is 4.69. The molecule has 1 N–H and O–H groups in total. The van der Waals surface area contributed by atoms with Gasteiger partial charge in [0.2, 0.25) is 5.95 Å². The summed E-state index contributed by atoms with van der Waals surface area (Å²) in [6, 6.07) is 7.93. The van der Waals surface area contributed by atoms with Gasteiger partial charge in [0, 0.05) is 17.6 Å². The lowest BCUT2D eigenvalue weighted by Crippen LogP contribution is -2.36. The molecule has 3 aromatic rings. The predicted octanol–water partition coefficient (Wildman–Crippen LogP) is 6.38. The van der Waals surface area contributed by atoms with E-state index < -0.39 is 0 Å². The lowest BCUT2D eigenvalue weighted by atomic mass is 9.91. The van der Waals surface area contributed by atoms with Crippen LogP contribution in [0.15, 0.2) is 33.2 Å². The van der Waals surface area contributed by atoms with Crippen LogP contribution in [0.3, 0.4) is 0 Å². The fraction of sp³-hybridized carbons (Fsp3) is 0.429. The number of hydrogen-bond acceptors (Lipinski definition) is 4. The van der Waals surface area contributed by atoms with Crippen molar-refractivity contribution in [3.8, 4) is 5.75 Å². The van der Waals surface area contributed by atoms with Crippen molar-refractivity contribution in [2.45, 2.75) is 32.6 Å². The molecule has 29 heavy (non-hydrogen) atoms. The molecule has 1 atom stereocenters. The Balaban J connectivity index is 1.45. The molecule has 0 aliphatic carbocycles.